The minimum atomic E-state index is 0.417. The van der Waals surface area contributed by atoms with E-state index in [9.17, 15) is 0 Å². The van der Waals surface area contributed by atoms with Gasteiger partial charge in [-0.2, -0.15) is 0 Å². The average molecular weight is 163 g/mol. The van der Waals surface area contributed by atoms with Gasteiger partial charge in [0.1, 0.15) is 0 Å². The number of hydrogen-bond donors (Lipinski definition) is 0. The average Bonchev–Trinajstić information content (AvgIpc) is 2.03. The summed E-state index contributed by atoms with van der Waals surface area (Å²) in [5.41, 5.74) is 2.67. The molecule has 1 heteroatoms. The summed E-state index contributed by atoms with van der Waals surface area (Å²) in [4.78, 5) is 2.21. The van der Waals surface area contributed by atoms with Crippen LogP contribution in [0, 0.1) is 0 Å². The fourth-order valence-corrected chi connectivity index (χ4v) is 1.63. The van der Waals surface area contributed by atoms with Gasteiger partial charge in [0.25, 0.3) is 0 Å². The lowest BCUT2D eigenvalue weighted by Gasteiger charge is -2.31. The fraction of sp³-hybridized carbons (Fsp3) is 0.455. The Labute approximate surface area is 75.1 Å². The van der Waals surface area contributed by atoms with Crippen LogP contribution in [0.2, 0.25) is 0 Å². The molecule has 0 spiro atoms. The summed E-state index contributed by atoms with van der Waals surface area (Å²) in [7, 11) is 2.10. The Hall–Kier alpha value is -0.980. The van der Waals surface area contributed by atoms with E-state index in [1.54, 1.807) is 0 Å². The first kappa shape index (κ1) is 9.11. The highest BCUT2D eigenvalue weighted by molar-refractivity contribution is 5.30. The third-order valence-corrected chi connectivity index (χ3v) is 2.36. The Morgan fingerprint density at radius 3 is 2.83 bits per heavy atom. The summed E-state index contributed by atoms with van der Waals surface area (Å²) in [6.45, 7) is 8.39. The molecule has 1 heterocycles. The van der Waals surface area contributed by atoms with Gasteiger partial charge in [0, 0.05) is 7.05 Å². The van der Waals surface area contributed by atoms with Crippen molar-refractivity contribution in [3.8, 4) is 0 Å². The zero-order chi connectivity index (χ0) is 9.14. The summed E-state index contributed by atoms with van der Waals surface area (Å²) >= 11 is 0. The molecule has 0 saturated heterocycles. The van der Waals surface area contributed by atoms with Crippen LogP contribution >= 0.6 is 0 Å². The highest BCUT2D eigenvalue weighted by Crippen LogP contribution is 2.21. The summed E-state index contributed by atoms with van der Waals surface area (Å²) in [6, 6.07) is 0.417. The van der Waals surface area contributed by atoms with Gasteiger partial charge in [-0.3, -0.25) is 0 Å². The van der Waals surface area contributed by atoms with Crippen molar-refractivity contribution >= 4 is 0 Å². The lowest BCUT2D eigenvalue weighted by atomic mass is 9.96. The third kappa shape index (κ3) is 1.60. The summed E-state index contributed by atoms with van der Waals surface area (Å²) in [5, 5.41) is 0. The predicted octanol–water partition coefficient (Wildman–Crippen LogP) is 2.73. The molecular formula is C11H17N. The van der Waals surface area contributed by atoms with E-state index in [0.717, 1.165) is 6.42 Å². The van der Waals surface area contributed by atoms with E-state index < -0.39 is 0 Å². The Balaban J connectivity index is 2.82. The van der Waals surface area contributed by atoms with E-state index in [2.05, 4.69) is 50.7 Å². The van der Waals surface area contributed by atoms with E-state index in [1.807, 2.05) is 0 Å². The Morgan fingerprint density at radius 2 is 2.33 bits per heavy atom. The van der Waals surface area contributed by atoms with Crippen LogP contribution in [-0.4, -0.2) is 18.0 Å². The molecule has 0 aliphatic carbocycles. The van der Waals surface area contributed by atoms with Crippen LogP contribution in [0.3, 0.4) is 0 Å². The maximum atomic E-state index is 4.08. The van der Waals surface area contributed by atoms with E-state index in [0.29, 0.717) is 6.04 Å². The van der Waals surface area contributed by atoms with Crippen molar-refractivity contribution in [2.45, 2.75) is 26.3 Å². The van der Waals surface area contributed by atoms with Crippen molar-refractivity contribution in [1.29, 1.82) is 0 Å². The number of hydrogen-bond acceptors (Lipinski definition) is 1. The molecule has 0 bridgehead atoms. The van der Waals surface area contributed by atoms with E-state index in [-0.39, 0.29) is 0 Å². The van der Waals surface area contributed by atoms with Crippen LogP contribution in [0.5, 0.6) is 0 Å². The number of allylic oxidation sites excluding steroid dienone is 2. The molecule has 1 aliphatic rings. The van der Waals surface area contributed by atoms with Crippen LogP contribution in [-0.2, 0) is 0 Å². The summed E-state index contributed by atoms with van der Waals surface area (Å²) < 4.78 is 0. The lowest BCUT2D eigenvalue weighted by Crippen LogP contribution is -2.31. The number of likely N-dealkylation sites (N-methyl/N-ethyl adjacent to an activating group) is 1. The van der Waals surface area contributed by atoms with Gasteiger partial charge in [-0.05, 0) is 31.2 Å². The van der Waals surface area contributed by atoms with Crippen molar-refractivity contribution in [1.82, 2.24) is 4.90 Å². The van der Waals surface area contributed by atoms with Crippen LogP contribution in [0.4, 0.5) is 0 Å². The van der Waals surface area contributed by atoms with Gasteiger partial charge in [-0.15, -0.1) is 0 Å². The molecule has 0 aromatic heterocycles. The molecule has 0 N–H and O–H groups in total. The van der Waals surface area contributed by atoms with Gasteiger partial charge in [0.2, 0.25) is 0 Å². The minimum Gasteiger partial charge on any atom is -0.370 e. The first-order chi connectivity index (χ1) is 5.66. The standard InChI is InChI=1S/C11H17N/c1-5-9(2)11-10(3)7-6-8-12(11)4/h6-8,11H,2,5H2,1,3-4H3. The molecule has 12 heavy (non-hydrogen) atoms. The van der Waals surface area contributed by atoms with Crippen molar-refractivity contribution in [2.24, 2.45) is 0 Å². The topological polar surface area (TPSA) is 3.24 Å². The zero-order valence-corrected chi connectivity index (χ0v) is 8.17. The molecule has 1 nitrogen and oxygen atoms in total. The number of nitrogens with zero attached hydrogens (tertiary/aromatic N) is 1. The van der Waals surface area contributed by atoms with Gasteiger partial charge in [-0.25, -0.2) is 0 Å². The summed E-state index contributed by atoms with van der Waals surface area (Å²) in [5.74, 6) is 0. The second kappa shape index (κ2) is 3.61. The maximum absolute atomic E-state index is 4.08. The van der Waals surface area contributed by atoms with Crippen LogP contribution in [0.1, 0.15) is 20.3 Å². The molecule has 0 amide bonds. The van der Waals surface area contributed by atoms with Gasteiger partial charge in [-0.1, -0.05) is 25.2 Å². The van der Waals surface area contributed by atoms with E-state index >= 15 is 0 Å². The van der Waals surface area contributed by atoms with Crippen molar-refractivity contribution in [3.05, 3.63) is 36.1 Å². The molecule has 1 unspecified atom stereocenters. The molecule has 1 rings (SSSR count). The van der Waals surface area contributed by atoms with Gasteiger partial charge in [0.15, 0.2) is 0 Å². The van der Waals surface area contributed by atoms with E-state index in [4.69, 9.17) is 0 Å². The molecule has 0 fully saturated rings. The zero-order valence-electron chi connectivity index (χ0n) is 8.17. The molecule has 0 radical (unpaired) electrons. The molecule has 1 aliphatic heterocycles. The summed E-state index contributed by atoms with van der Waals surface area (Å²) in [6.07, 6.45) is 7.38. The van der Waals surface area contributed by atoms with Crippen molar-refractivity contribution in [3.63, 3.8) is 0 Å². The normalized spacial score (nSPS) is 22.4. The Kier molecular flexibility index (Phi) is 2.74. The van der Waals surface area contributed by atoms with Gasteiger partial charge < -0.3 is 4.90 Å². The first-order valence-electron chi connectivity index (χ1n) is 4.41. The Bertz CT molecular complexity index is 235. The molecule has 66 valence electrons. The SMILES string of the molecule is C=C(CC)C1C(C)=CC=CN1C. The highest BCUT2D eigenvalue weighted by Gasteiger charge is 2.17. The smallest absolute Gasteiger partial charge is 0.0704 e. The van der Waals surface area contributed by atoms with E-state index in [1.165, 1.54) is 11.1 Å². The second-order valence-corrected chi connectivity index (χ2v) is 3.33. The Morgan fingerprint density at radius 1 is 1.67 bits per heavy atom. The predicted molar refractivity (Wildman–Crippen MR) is 53.9 cm³/mol. The third-order valence-electron chi connectivity index (χ3n) is 2.36. The first-order valence-corrected chi connectivity index (χ1v) is 4.41. The molecule has 0 aromatic rings. The van der Waals surface area contributed by atoms with Crippen LogP contribution in [0.15, 0.2) is 36.1 Å². The maximum Gasteiger partial charge on any atom is 0.0704 e. The monoisotopic (exact) mass is 163 g/mol. The highest BCUT2D eigenvalue weighted by atomic mass is 15.1. The molecule has 0 aromatic carbocycles. The van der Waals surface area contributed by atoms with Gasteiger partial charge >= 0.3 is 0 Å². The number of rotatable bonds is 2. The van der Waals surface area contributed by atoms with Crippen LogP contribution < -0.4 is 0 Å². The van der Waals surface area contributed by atoms with Crippen molar-refractivity contribution < 1.29 is 0 Å². The van der Waals surface area contributed by atoms with Crippen LogP contribution in [0.25, 0.3) is 0 Å². The van der Waals surface area contributed by atoms with Gasteiger partial charge in [0.05, 0.1) is 6.04 Å². The minimum absolute atomic E-state index is 0.417. The quantitative estimate of drug-likeness (QED) is 0.566. The largest absolute Gasteiger partial charge is 0.370 e. The molecular weight excluding hydrogens is 146 g/mol. The second-order valence-electron chi connectivity index (χ2n) is 3.33. The molecule has 0 saturated carbocycles. The fourth-order valence-electron chi connectivity index (χ4n) is 1.63. The lowest BCUT2D eigenvalue weighted by molar-refractivity contribution is 0.398. The van der Waals surface area contributed by atoms with Crippen molar-refractivity contribution in [2.75, 3.05) is 7.05 Å². The molecule has 1 atom stereocenters.